The SMILES string of the molecule is CC(Nc1cnn(CC(=O)NC2CC2)c1)C1CCCC1. The average molecular weight is 276 g/mol. The van der Waals surface area contributed by atoms with Gasteiger partial charge in [-0.25, -0.2) is 0 Å². The average Bonchev–Trinajstić information content (AvgIpc) is 2.93. The summed E-state index contributed by atoms with van der Waals surface area (Å²) < 4.78 is 1.71. The van der Waals surface area contributed by atoms with Gasteiger partial charge in [0.05, 0.1) is 11.9 Å². The van der Waals surface area contributed by atoms with Gasteiger partial charge in [0, 0.05) is 18.3 Å². The van der Waals surface area contributed by atoms with Gasteiger partial charge in [0.1, 0.15) is 6.54 Å². The maximum atomic E-state index is 11.7. The summed E-state index contributed by atoms with van der Waals surface area (Å²) in [5, 5.41) is 10.7. The first-order valence-corrected chi connectivity index (χ1v) is 7.79. The molecule has 1 aromatic heterocycles. The van der Waals surface area contributed by atoms with Crippen molar-refractivity contribution in [1.82, 2.24) is 15.1 Å². The Kier molecular flexibility index (Phi) is 3.94. The van der Waals surface area contributed by atoms with E-state index in [1.54, 1.807) is 4.68 Å². The van der Waals surface area contributed by atoms with Crippen molar-refractivity contribution in [3.8, 4) is 0 Å². The van der Waals surface area contributed by atoms with E-state index in [0.717, 1.165) is 24.4 Å². The lowest BCUT2D eigenvalue weighted by atomic mass is 10.00. The third kappa shape index (κ3) is 3.52. The lowest BCUT2D eigenvalue weighted by Crippen LogP contribution is -2.29. The van der Waals surface area contributed by atoms with Gasteiger partial charge in [-0.15, -0.1) is 0 Å². The van der Waals surface area contributed by atoms with Crippen LogP contribution in [-0.2, 0) is 11.3 Å². The molecule has 0 aromatic carbocycles. The van der Waals surface area contributed by atoms with E-state index in [9.17, 15) is 4.79 Å². The fourth-order valence-electron chi connectivity index (χ4n) is 3.01. The van der Waals surface area contributed by atoms with Gasteiger partial charge in [-0.2, -0.15) is 5.10 Å². The molecular formula is C15H24N4O. The minimum absolute atomic E-state index is 0.0611. The Labute approximate surface area is 120 Å². The molecule has 0 radical (unpaired) electrons. The van der Waals surface area contributed by atoms with Gasteiger partial charge < -0.3 is 10.6 Å². The van der Waals surface area contributed by atoms with E-state index in [1.165, 1.54) is 25.7 Å². The van der Waals surface area contributed by atoms with Crippen LogP contribution >= 0.6 is 0 Å². The number of rotatable bonds is 6. The van der Waals surface area contributed by atoms with Crippen molar-refractivity contribution in [3.63, 3.8) is 0 Å². The molecule has 2 aliphatic carbocycles. The molecule has 2 saturated carbocycles. The number of nitrogens with zero attached hydrogens (tertiary/aromatic N) is 2. The highest BCUT2D eigenvalue weighted by molar-refractivity contribution is 5.76. The first-order chi connectivity index (χ1) is 9.70. The minimum Gasteiger partial charge on any atom is -0.380 e. The molecule has 2 N–H and O–H groups in total. The number of anilines is 1. The molecule has 0 bridgehead atoms. The van der Waals surface area contributed by atoms with Crippen LogP contribution in [0.25, 0.3) is 0 Å². The third-order valence-electron chi connectivity index (χ3n) is 4.38. The van der Waals surface area contributed by atoms with Crippen LogP contribution in [0.1, 0.15) is 45.4 Å². The molecule has 20 heavy (non-hydrogen) atoms. The van der Waals surface area contributed by atoms with Gasteiger partial charge in [0.2, 0.25) is 5.91 Å². The molecule has 1 aromatic rings. The largest absolute Gasteiger partial charge is 0.380 e. The number of nitrogens with one attached hydrogen (secondary N) is 2. The monoisotopic (exact) mass is 276 g/mol. The molecular weight excluding hydrogens is 252 g/mol. The quantitative estimate of drug-likeness (QED) is 0.837. The van der Waals surface area contributed by atoms with Crippen LogP contribution in [0.4, 0.5) is 5.69 Å². The van der Waals surface area contributed by atoms with Gasteiger partial charge >= 0.3 is 0 Å². The second kappa shape index (κ2) is 5.85. The minimum atomic E-state index is 0.0611. The Balaban J connectivity index is 1.49. The maximum Gasteiger partial charge on any atom is 0.241 e. The van der Waals surface area contributed by atoms with Crippen molar-refractivity contribution < 1.29 is 4.79 Å². The van der Waals surface area contributed by atoms with Crippen molar-refractivity contribution in [2.75, 3.05) is 5.32 Å². The van der Waals surface area contributed by atoms with Crippen LogP contribution in [0.2, 0.25) is 0 Å². The molecule has 0 aliphatic heterocycles. The first-order valence-electron chi connectivity index (χ1n) is 7.79. The molecule has 1 amide bonds. The molecule has 1 heterocycles. The molecule has 5 heteroatoms. The number of carbonyl (C=O) groups excluding carboxylic acids is 1. The summed E-state index contributed by atoms with van der Waals surface area (Å²) in [5.74, 6) is 0.836. The van der Waals surface area contributed by atoms with Gasteiger partial charge in [0.25, 0.3) is 0 Å². The summed E-state index contributed by atoms with van der Waals surface area (Å²) in [4.78, 5) is 11.7. The summed E-state index contributed by atoms with van der Waals surface area (Å²) in [6.45, 7) is 2.56. The Morgan fingerprint density at radius 1 is 1.40 bits per heavy atom. The summed E-state index contributed by atoms with van der Waals surface area (Å²) in [6, 6.07) is 0.897. The Hall–Kier alpha value is -1.52. The van der Waals surface area contributed by atoms with Crippen LogP contribution < -0.4 is 10.6 Å². The summed E-state index contributed by atoms with van der Waals surface area (Å²) in [5.41, 5.74) is 1.02. The Morgan fingerprint density at radius 3 is 2.85 bits per heavy atom. The maximum absolute atomic E-state index is 11.7. The Bertz CT molecular complexity index is 460. The highest BCUT2D eigenvalue weighted by Gasteiger charge is 2.24. The second-order valence-electron chi connectivity index (χ2n) is 6.25. The van der Waals surface area contributed by atoms with Gasteiger partial charge in [-0.3, -0.25) is 9.48 Å². The predicted octanol–water partition coefficient (Wildman–Crippen LogP) is 2.15. The van der Waals surface area contributed by atoms with E-state index in [4.69, 9.17) is 0 Å². The van der Waals surface area contributed by atoms with E-state index >= 15 is 0 Å². The van der Waals surface area contributed by atoms with Crippen LogP contribution in [0.15, 0.2) is 12.4 Å². The lowest BCUT2D eigenvalue weighted by molar-refractivity contribution is -0.122. The van der Waals surface area contributed by atoms with Crippen molar-refractivity contribution >= 4 is 11.6 Å². The molecule has 110 valence electrons. The van der Waals surface area contributed by atoms with Crippen molar-refractivity contribution in [1.29, 1.82) is 0 Å². The normalized spacial score (nSPS) is 20.9. The fourth-order valence-corrected chi connectivity index (χ4v) is 3.01. The van der Waals surface area contributed by atoms with E-state index < -0.39 is 0 Å². The number of hydrogen-bond donors (Lipinski definition) is 2. The molecule has 0 spiro atoms. The summed E-state index contributed by atoms with van der Waals surface area (Å²) >= 11 is 0. The molecule has 0 saturated heterocycles. The molecule has 1 atom stereocenters. The number of aromatic nitrogens is 2. The number of hydrogen-bond acceptors (Lipinski definition) is 3. The number of carbonyl (C=O) groups is 1. The fraction of sp³-hybridized carbons (Fsp3) is 0.733. The standard InChI is InChI=1S/C15H24N4O/c1-11(12-4-2-3-5-12)17-14-8-16-19(9-14)10-15(20)18-13-6-7-13/h8-9,11-13,17H,2-7,10H2,1H3,(H,18,20). The predicted molar refractivity (Wildman–Crippen MR) is 78.4 cm³/mol. The van der Waals surface area contributed by atoms with E-state index in [1.807, 2.05) is 12.4 Å². The smallest absolute Gasteiger partial charge is 0.241 e. The summed E-state index contributed by atoms with van der Waals surface area (Å²) in [7, 11) is 0. The summed E-state index contributed by atoms with van der Waals surface area (Å²) in [6.07, 6.45) is 11.4. The van der Waals surface area contributed by atoms with Crippen molar-refractivity contribution in [3.05, 3.63) is 12.4 Å². The highest BCUT2D eigenvalue weighted by Crippen LogP contribution is 2.29. The molecule has 5 nitrogen and oxygen atoms in total. The van der Waals surface area contributed by atoms with E-state index in [-0.39, 0.29) is 5.91 Å². The zero-order valence-corrected chi connectivity index (χ0v) is 12.1. The lowest BCUT2D eigenvalue weighted by Gasteiger charge is -2.20. The zero-order valence-electron chi connectivity index (χ0n) is 12.1. The first kappa shape index (κ1) is 13.5. The van der Waals surface area contributed by atoms with E-state index in [2.05, 4.69) is 22.7 Å². The second-order valence-corrected chi connectivity index (χ2v) is 6.25. The Morgan fingerprint density at radius 2 is 2.15 bits per heavy atom. The van der Waals surface area contributed by atoms with Crippen LogP contribution in [0.5, 0.6) is 0 Å². The number of amides is 1. The zero-order chi connectivity index (χ0) is 13.9. The topological polar surface area (TPSA) is 59.0 Å². The van der Waals surface area contributed by atoms with Crippen LogP contribution in [0.3, 0.4) is 0 Å². The molecule has 2 fully saturated rings. The molecule has 3 rings (SSSR count). The van der Waals surface area contributed by atoms with Gasteiger partial charge in [-0.05, 0) is 38.5 Å². The molecule has 1 unspecified atom stereocenters. The van der Waals surface area contributed by atoms with Gasteiger partial charge in [0.15, 0.2) is 0 Å². The third-order valence-corrected chi connectivity index (χ3v) is 4.38. The highest BCUT2D eigenvalue weighted by atomic mass is 16.2. The van der Waals surface area contributed by atoms with E-state index in [0.29, 0.717) is 18.6 Å². The van der Waals surface area contributed by atoms with Crippen LogP contribution in [0, 0.1) is 5.92 Å². The van der Waals surface area contributed by atoms with Crippen molar-refractivity contribution in [2.24, 2.45) is 5.92 Å². The molecule has 2 aliphatic rings. The van der Waals surface area contributed by atoms with Crippen molar-refractivity contribution in [2.45, 2.75) is 64.1 Å². The van der Waals surface area contributed by atoms with Gasteiger partial charge in [-0.1, -0.05) is 12.8 Å². The van der Waals surface area contributed by atoms with Crippen LogP contribution in [-0.4, -0.2) is 27.8 Å².